The first-order valence-corrected chi connectivity index (χ1v) is 8.03. The zero-order valence-corrected chi connectivity index (χ0v) is 14.4. The van der Waals surface area contributed by atoms with Gasteiger partial charge < -0.3 is 15.0 Å². The number of likely N-dealkylation sites (tertiary alicyclic amines) is 1. The minimum Gasteiger partial charge on any atom is -0.405 e. The van der Waals surface area contributed by atoms with Crippen molar-refractivity contribution in [2.45, 2.75) is 18.8 Å². The fourth-order valence-electron chi connectivity index (χ4n) is 3.30. The average molecular weight is 380 g/mol. The Kier molecular flexibility index (Phi) is 6.53. The number of carbonyl (C=O) groups excluding carboxylic acids is 1. The lowest BCUT2D eigenvalue weighted by Gasteiger charge is -2.32. The zero-order valence-electron chi connectivity index (χ0n) is 13.6. The normalized spacial score (nSPS) is 21.7. The van der Waals surface area contributed by atoms with E-state index in [1.54, 1.807) is 11.0 Å². The number of benzene rings is 1. The number of alkyl halides is 3. The van der Waals surface area contributed by atoms with Crippen molar-refractivity contribution < 1.29 is 22.7 Å². The van der Waals surface area contributed by atoms with Crippen LogP contribution in [0.15, 0.2) is 24.3 Å². The molecule has 1 N–H and O–H groups in total. The van der Waals surface area contributed by atoms with E-state index in [1.165, 1.54) is 18.2 Å². The number of halogens is 4. The molecule has 1 aromatic carbocycles. The molecule has 1 unspecified atom stereocenters. The Morgan fingerprint density at radius 2 is 1.84 bits per heavy atom. The molecular formula is C16H21ClF3N3O2. The summed E-state index contributed by atoms with van der Waals surface area (Å²) in [6.07, 6.45) is -3.97. The van der Waals surface area contributed by atoms with Gasteiger partial charge in [-0.15, -0.1) is 25.6 Å². The summed E-state index contributed by atoms with van der Waals surface area (Å²) in [5, 5.41) is 3.28. The molecule has 2 aliphatic heterocycles. The molecule has 0 spiro atoms. The minimum absolute atomic E-state index is 0. The second-order valence-corrected chi connectivity index (χ2v) is 6.02. The number of nitrogens with one attached hydrogen (secondary N) is 1. The van der Waals surface area contributed by atoms with Gasteiger partial charge >= 0.3 is 6.36 Å². The molecule has 2 fully saturated rings. The number of hydrogen-bond acceptors (Lipinski definition) is 4. The smallest absolute Gasteiger partial charge is 0.405 e. The van der Waals surface area contributed by atoms with Gasteiger partial charge in [0.05, 0.1) is 5.56 Å². The second kappa shape index (κ2) is 8.25. The molecule has 25 heavy (non-hydrogen) atoms. The van der Waals surface area contributed by atoms with E-state index >= 15 is 0 Å². The number of ether oxygens (including phenoxy) is 1. The van der Waals surface area contributed by atoms with Crippen LogP contribution in [0.25, 0.3) is 0 Å². The molecule has 5 nitrogen and oxygen atoms in total. The van der Waals surface area contributed by atoms with Gasteiger partial charge in [0.15, 0.2) is 0 Å². The van der Waals surface area contributed by atoms with Crippen LogP contribution in [0, 0.1) is 0 Å². The molecule has 1 aromatic rings. The first kappa shape index (κ1) is 19.8. The van der Waals surface area contributed by atoms with Gasteiger partial charge in [-0.2, -0.15) is 0 Å². The Balaban J connectivity index is 0.00000225. The number of hydrogen-bond donors (Lipinski definition) is 1. The van der Waals surface area contributed by atoms with Gasteiger partial charge in [0, 0.05) is 45.3 Å². The van der Waals surface area contributed by atoms with E-state index in [9.17, 15) is 18.0 Å². The van der Waals surface area contributed by atoms with Gasteiger partial charge in [-0.25, -0.2) is 0 Å². The van der Waals surface area contributed by atoms with E-state index in [4.69, 9.17) is 0 Å². The van der Waals surface area contributed by atoms with Crippen molar-refractivity contribution in [2.24, 2.45) is 0 Å². The standard InChI is InChI=1S/C16H20F3N3O2.ClH/c17-16(18,19)24-14-4-2-1-3-13(14)15(23)22-8-5-12(11-22)21-9-6-20-7-10-21;/h1-4,12,20H,5-11H2;1H. The van der Waals surface area contributed by atoms with Crippen LogP contribution in [0.5, 0.6) is 5.75 Å². The lowest BCUT2D eigenvalue weighted by molar-refractivity contribution is -0.274. The number of rotatable bonds is 3. The Labute approximate surface area is 150 Å². The van der Waals surface area contributed by atoms with E-state index in [-0.39, 0.29) is 24.0 Å². The van der Waals surface area contributed by atoms with E-state index in [0.29, 0.717) is 13.1 Å². The molecule has 3 rings (SSSR count). The van der Waals surface area contributed by atoms with Crippen LogP contribution in [0.4, 0.5) is 13.2 Å². The molecule has 2 heterocycles. The highest BCUT2D eigenvalue weighted by Crippen LogP contribution is 2.28. The molecule has 9 heteroatoms. The molecule has 0 saturated carbocycles. The summed E-state index contributed by atoms with van der Waals surface area (Å²) in [5.74, 6) is -0.854. The highest BCUT2D eigenvalue weighted by Gasteiger charge is 2.35. The lowest BCUT2D eigenvalue weighted by Crippen LogP contribution is -2.49. The molecule has 2 aliphatic rings. The second-order valence-electron chi connectivity index (χ2n) is 6.02. The van der Waals surface area contributed by atoms with E-state index in [2.05, 4.69) is 15.0 Å². The third-order valence-electron chi connectivity index (χ3n) is 4.46. The van der Waals surface area contributed by atoms with Gasteiger partial charge in [0.25, 0.3) is 5.91 Å². The lowest BCUT2D eigenvalue weighted by atomic mass is 10.1. The number of amides is 1. The van der Waals surface area contributed by atoms with E-state index in [0.717, 1.165) is 32.6 Å². The average Bonchev–Trinajstić information content (AvgIpc) is 3.04. The fraction of sp³-hybridized carbons (Fsp3) is 0.562. The largest absolute Gasteiger partial charge is 0.573 e. The van der Waals surface area contributed by atoms with Crippen LogP contribution >= 0.6 is 12.4 Å². The van der Waals surface area contributed by atoms with Gasteiger partial charge in [0.2, 0.25) is 0 Å². The maximum atomic E-state index is 12.6. The van der Waals surface area contributed by atoms with Gasteiger partial charge in [0.1, 0.15) is 5.75 Å². The van der Waals surface area contributed by atoms with Crippen LogP contribution in [0.3, 0.4) is 0 Å². The van der Waals surface area contributed by atoms with Crippen LogP contribution in [-0.4, -0.2) is 67.4 Å². The molecule has 140 valence electrons. The van der Waals surface area contributed by atoms with Gasteiger partial charge in [-0.1, -0.05) is 12.1 Å². The van der Waals surface area contributed by atoms with Gasteiger partial charge in [-0.05, 0) is 18.6 Å². The molecule has 1 amide bonds. The summed E-state index contributed by atoms with van der Waals surface area (Å²) >= 11 is 0. The van der Waals surface area contributed by atoms with Gasteiger partial charge in [-0.3, -0.25) is 9.69 Å². The first-order chi connectivity index (χ1) is 11.4. The monoisotopic (exact) mass is 379 g/mol. The molecule has 0 aromatic heterocycles. The summed E-state index contributed by atoms with van der Waals surface area (Å²) in [4.78, 5) is 16.6. The van der Waals surface area contributed by atoms with Crippen LogP contribution in [0.1, 0.15) is 16.8 Å². The van der Waals surface area contributed by atoms with Crippen molar-refractivity contribution in [3.63, 3.8) is 0 Å². The Morgan fingerprint density at radius 3 is 2.52 bits per heavy atom. The molecule has 0 aliphatic carbocycles. The molecular weight excluding hydrogens is 359 g/mol. The Hall–Kier alpha value is -1.51. The quantitative estimate of drug-likeness (QED) is 0.874. The highest BCUT2D eigenvalue weighted by atomic mass is 35.5. The summed E-state index contributed by atoms with van der Waals surface area (Å²) in [6, 6.07) is 5.78. The highest BCUT2D eigenvalue weighted by molar-refractivity contribution is 5.97. The number of piperazine rings is 1. The predicted molar refractivity (Wildman–Crippen MR) is 89.1 cm³/mol. The maximum Gasteiger partial charge on any atom is 0.573 e. The predicted octanol–water partition coefficient (Wildman–Crippen LogP) is 2.13. The maximum absolute atomic E-state index is 12.6. The van der Waals surface area contributed by atoms with Crippen LogP contribution < -0.4 is 10.1 Å². The minimum atomic E-state index is -4.81. The summed E-state index contributed by atoms with van der Waals surface area (Å²) in [5.41, 5.74) is -0.0456. The zero-order chi connectivity index (χ0) is 17.2. The van der Waals surface area contributed by atoms with Crippen molar-refractivity contribution in [1.29, 1.82) is 0 Å². The summed E-state index contributed by atoms with van der Waals surface area (Å²) < 4.78 is 41.5. The molecule has 0 radical (unpaired) electrons. The Morgan fingerprint density at radius 1 is 1.16 bits per heavy atom. The fourth-order valence-corrected chi connectivity index (χ4v) is 3.30. The summed E-state index contributed by atoms with van der Waals surface area (Å²) in [6.45, 7) is 4.80. The van der Waals surface area contributed by atoms with Crippen molar-refractivity contribution in [2.75, 3.05) is 39.3 Å². The third-order valence-corrected chi connectivity index (χ3v) is 4.46. The molecule has 1 atom stereocenters. The summed E-state index contributed by atoms with van der Waals surface area (Å²) in [7, 11) is 0. The molecule has 2 saturated heterocycles. The number of para-hydroxylation sites is 1. The van der Waals surface area contributed by atoms with Crippen molar-refractivity contribution in [3.8, 4) is 5.75 Å². The van der Waals surface area contributed by atoms with Crippen LogP contribution in [-0.2, 0) is 0 Å². The van der Waals surface area contributed by atoms with Crippen molar-refractivity contribution in [3.05, 3.63) is 29.8 Å². The third kappa shape index (κ3) is 4.99. The SMILES string of the molecule is Cl.O=C(c1ccccc1OC(F)(F)F)N1CCC(N2CCNCC2)C1. The van der Waals surface area contributed by atoms with E-state index < -0.39 is 18.0 Å². The topological polar surface area (TPSA) is 44.8 Å². The Bertz CT molecular complexity index is 594. The number of carbonyl (C=O) groups is 1. The molecule has 0 bridgehead atoms. The number of nitrogens with zero attached hydrogens (tertiary/aromatic N) is 2. The first-order valence-electron chi connectivity index (χ1n) is 8.03. The van der Waals surface area contributed by atoms with Crippen LogP contribution in [0.2, 0.25) is 0 Å². The van der Waals surface area contributed by atoms with Crippen molar-refractivity contribution in [1.82, 2.24) is 15.1 Å². The van der Waals surface area contributed by atoms with E-state index in [1.807, 2.05) is 0 Å². The van der Waals surface area contributed by atoms with Crippen molar-refractivity contribution >= 4 is 18.3 Å².